The van der Waals surface area contributed by atoms with E-state index in [1.807, 2.05) is 0 Å². The van der Waals surface area contributed by atoms with Crippen LogP contribution in [-0.4, -0.2) is 221 Å². The smallest absolute Gasteiger partial charge is 0.269 e. The molecule has 4 aliphatic heterocycles. The molecule has 0 bridgehead atoms. The van der Waals surface area contributed by atoms with E-state index in [1.54, 1.807) is 0 Å². The van der Waals surface area contributed by atoms with Gasteiger partial charge in [0.15, 0.2) is 18.9 Å². The quantitative estimate of drug-likeness (QED) is 0.0612. The van der Waals surface area contributed by atoms with Gasteiger partial charge in [0.2, 0.25) is 12.2 Å². The molecular weight excluding hydrogens is 780 g/mol. The maximum Gasteiger partial charge on any atom is 0.269 e. The summed E-state index contributed by atoms with van der Waals surface area (Å²) in [6, 6.07) is 3.09. The van der Waals surface area contributed by atoms with Crippen molar-refractivity contribution >= 4 is 11.6 Å². The number of carbonyl (C=O) groups is 1. The van der Waals surface area contributed by atoms with Gasteiger partial charge < -0.3 is 104 Å². The Labute approximate surface area is 322 Å². The number of ether oxygens (including phenoxy) is 8. The van der Waals surface area contributed by atoms with Crippen LogP contribution in [0.3, 0.4) is 0 Å². The summed E-state index contributed by atoms with van der Waals surface area (Å²) in [5.74, 6) is -0.729. The fourth-order valence-corrected chi connectivity index (χ4v) is 6.80. The van der Waals surface area contributed by atoms with E-state index in [0.717, 1.165) is 19.1 Å². The van der Waals surface area contributed by atoms with Gasteiger partial charge in [-0.25, -0.2) is 0 Å². The van der Waals surface area contributed by atoms with Crippen LogP contribution < -0.4 is 10.1 Å². The number of hydrogen-bond acceptors (Lipinski definition) is 23. The molecule has 4 aliphatic rings. The van der Waals surface area contributed by atoms with Crippen molar-refractivity contribution < 1.29 is 109 Å². The lowest BCUT2D eigenvalue weighted by Crippen LogP contribution is -2.69. The molecule has 0 radical (unpaired) electrons. The van der Waals surface area contributed by atoms with Crippen LogP contribution in [0.5, 0.6) is 5.75 Å². The number of hydrogen-bond donors (Lipinski definition) is 13. The minimum Gasteiger partial charge on any atom is -0.462 e. The summed E-state index contributed by atoms with van der Waals surface area (Å²) in [4.78, 5) is 22.2. The first kappa shape index (κ1) is 45.2. The third kappa shape index (κ3) is 9.79. The topological polar surface area (TPSA) is 389 Å². The zero-order valence-corrected chi connectivity index (χ0v) is 30.0. The Morgan fingerprint density at radius 1 is 0.596 bits per heavy atom. The molecule has 25 nitrogen and oxygen atoms in total. The predicted octanol–water partition coefficient (Wildman–Crippen LogP) is -7.61. The number of nitrogens with zero attached hydrogens (tertiary/aromatic N) is 1. The van der Waals surface area contributed by atoms with E-state index in [4.69, 9.17) is 37.9 Å². The average Bonchev–Trinajstić information content (AvgIpc) is 3.18. The second kappa shape index (κ2) is 19.5. The van der Waals surface area contributed by atoms with Crippen molar-refractivity contribution in [1.82, 2.24) is 5.32 Å². The molecule has 1 amide bonds. The highest BCUT2D eigenvalue weighted by Gasteiger charge is 2.56. The highest BCUT2D eigenvalue weighted by Crippen LogP contribution is 2.35. The second-order valence-electron chi connectivity index (χ2n) is 13.7. The fraction of sp³-hybridized carbons (Fsp3) is 0.781. The summed E-state index contributed by atoms with van der Waals surface area (Å²) in [7, 11) is 0. The van der Waals surface area contributed by atoms with Crippen LogP contribution in [0.1, 0.15) is 6.92 Å². The Morgan fingerprint density at radius 2 is 1.04 bits per heavy atom. The average molecular weight is 829 g/mol. The molecule has 4 heterocycles. The van der Waals surface area contributed by atoms with Gasteiger partial charge in [-0.1, -0.05) is 0 Å². The molecule has 0 saturated carbocycles. The number of nitro groups is 1. The summed E-state index contributed by atoms with van der Waals surface area (Å²) < 4.78 is 44.9. The van der Waals surface area contributed by atoms with Gasteiger partial charge in [-0.2, -0.15) is 0 Å². The number of amides is 1. The fourth-order valence-electron chi connectivity index (χ4n) is 6.80. The van der Waals surface area contributed by atoms with Gasteiger partial charge in [0.1, 0.15) is 103 Å². The molecule has 8 unspecified atom stereocenters. The van der Waals surface area contributed by atoms with Crippen LogP contribution >= 0.6 is 0 Å². The van der Waals surface area contributed by atoms with Crippen LogP contribution in [0, 0.1) is 10.1 Å². The van der Waals surface area contributed by atoms with Crippen molar-refractivity contribution in [1.29, 1.82) is 0 Å². The lowest BCUT2D eigenvalue weighted by molar-refractivity contribution is -0.386. The Kier molecular flexibility index (Phi) is 15.4. The Balaban J connectivity index is 1.32. The summed E-state index contributed by atoms with van der Waals surface area (Å²) in [5, 5.41) is 141. The van der Waals surface area contributed by atoms with Gasteiger partial charge in [0, 0.05) is 19.1 Å². The molecule has 324 valence electrons. The molecule has 13 N–H and O–H groups in total. The van der Waals surface area contributed by atoms with Crippen molar-refractivity contribution in [3.05, 3.63) is 34.4 Å². The molecule has 1 aromatic rings. The first-order valence-corrected chi connectivity index (χ1v) is 17.7. The van der Waals surface area contributed by atoms with E-state index in [2.05, 4.69) is 5.32 Å². The van der Waals surface area contributed by atoms with Crippen molar-refractivity contribution in [3.63, 3.8) is 0 Å². The largest absolute Gasteiger partial charge is 0.462 e. The van der Waals surface area contributed by atoms with Crippen LogP contribution in [0.2, 0.25) is 0 Å². The Bertz CT molecular complexity index is 1460. The number of benzene rings is 1. The normalized spacial score (nSPS) is 43.9. The van der Waals surface area contributed by atoms with E-state index < -0.39 is 160 Å². The van der Waals surface area contributed by atoms with Gasteiger partial charge in [0.05, 0.1) is 31.4 Å². The molecule has 0 aromatic heterocycles. The Morgan fingerprint density at radius 3 is 1.51 bits per heavy atom. The van der Waals surface area contributed by atoms with Crippen LogP contribution in [-0.2, 0) is 38.0 Å². The summed E-state index contributed by atoms with van der Waals surface area (Å²) in [6.45, 7) is -2.50. The highest BCUT2D eigenvalue weighted by atomic mass is 16.8. The van der Waals surface area contributed by atoms with Crippen molar-refractivity contribution in [2.24, 2.45) is 0 Å². The number of aliphatic hydroxyl groups is 12. The van der Waals surface area contributed by atoms with E-state index >= 15 is 0 Å². The lowest BCUT2D eigenvalue weighted by atomic mass is 9.95. The van der Waals surface area contributed by atoms with Crippen molar-refractivity contribution in [2.45, 2.75) is 130 Å². The first-order chi connectivity index (χ1) is 27.0. The predicted molar refractivity (Wildman–Crippen MR) is 177 cm³/mol. The highest BCUT2D eigenvalue weighted by molar-refractivity contribution is 5.73. The van der Waals surface area contributed by atoms with E-state index in [-0.39, 0.29) is 11.4 Å². The lowest BCUT2D eigenvalue weighted by Gasteiger charge is -2.49. The SMILES string of the molecule is CC(=O)N[C@H]1C(O)[C@@H](O)C(CO)O[C@H]1OC1[C@@H](O)C(CO)O[C@H](OC2[C@@H](O)C(CO)O[C@@H](O[C@@H]3C(CO)O[C@@H](Oc4ccc([N+](=O)[O-])cc4)[C@@H](O)C3O)[C@H]2O)[C@H]1O. The third-order valence-corrected chi connectivity index (χ3v) is 9.89. The molecule has 0 aliphatic carbocycles. The number of carbonyl (C=O) groups excluding carboxylic acids is 1. The molecule has 20 atom stereocenters. The molecular formula is C32H48N2O23. The molecule has 1 aromatic carbocycles. The summed E-state index contributed by atoms with van der Waals surface area (Å²) >= 11 is 0. The maximum atomic E-state index is 11.9. The first-order valence-electron chi connectivity index (χ1n) is 17.7. The molecule has 4 fully saturated rings. The standard InChI is InChI=1S/C32H48N2O23/c1-10(39)33-17-21(43)18(40)13(6-35)51-29(17)56-27-19(41)14(7-36)53-32(24(27)46)57-28-20(42)15(8-37)52-31(25(28)47)55-26-16(9-38)54-30(23(45)22(26)44)50-12-4-2-11(3-5-12)34(48)49/h2-5,13-32,35-38,40-47H,6-9H2,1H3,(H,33,39)/t13?,14?,15?,16?,17-,18-,19-,20-,21?,22?,23-,24-,25-,26+,27?,28?,29-,30+,31-,32+/m0/s1. The maximum absolute atomic E-state index is 11.9. The van der Waals surface area contributed by atoms with Crippen molar-refractivity contribution in [3.8, 4) is 5.75 Å². The number of non-ortho nitro benzene ring substituents is 1. The summed E-state index contributed by atoms with van der Waals surface area (Å²) in [5.41, 5.74) is -0.262. The second-order valence-corrected chi connectivity index (χ2v) is 13.7. The number of nitro benzene ring substituents is 1. The zero-order valence-electron chi connectivity index (χ0n) is 30.0. The van der Waals surface area contributed by atoms with Gasteiger partial charge in [-0.3, -0.25) is 14.9 Å². The summed E-state index contributed by atoms with van der Waals surface area (Å²) in [6.07, 6.45) is -34.3. The number of aliphatic hydroxyl groups excluding tert-OH is 12. The van der Waals surface area contributed by atoms with Crippen LogP contribution in [0.15, 0.2) is 24.3 Å². The molecule has 25 heteroatoms. The van der Waals surface area contributed by atoms with Crippen molar-refractivity contribution in [2.75, 3.05) is 26.4 Å². The monoisotopic (exact) mass is 828 g/mol. The van der Waals surface area contributed by atoms with Gasteiger partial charge in [-0.05, 0) is 12.1 Å². The number of rotatable bonds is 14. The van der Waals surface area contributed by atoms with Crippen LogP contribution in [0.25, 0.3) is 0 Å². The minimum absolute atomic E-state index is 0.0148. The van der Waals surface area contributed by atoms with Crippen LogP contribution in [0.4, 0.5) is 5.69 Å². The van der Waals surface area contributed by atoms with E-state index in [0.29, 0.717) is 0 Å². The molecule has 4 saturated heterocycles. The van der Waals surface area contributed by atoms with E-state index in [9.17, 15) is 76.2 Å². The van der Waals surface area contributed by atoms with E-state index in [1.165, 1.54) is 12.1 Å². The Hall–Kier alpha value is -2.87. The number of nitrogens with one attached hydrogen (secondary N) is 1. The minimum atomic E-state index is -2.09. The van der Waals surface area contributed by atoms with Gasteiger partial charge >= 0.3 is 0 Å². The van der Waals surface area contributed by atoms with Gasteiger partial charge in [-0.15, -0.1) is 0 Å². The third-order valence-electron chi connectivity index (χ3n) is 9.89. The van der Waals surface area contributed by atoms with Gasteiger partial charge in [0.25, 0.3) is 5.69 Å². The molecule has 5 rings (SSSR count). The molecule has 57 heavy (non-hydrogen) atoms. The zero-order chi connectivity index (χ0) is 41.9. The molecule has 0 spiro atoms.